The molecule has 0 saturated heterocycles. The van der Waals surface area contributed by atoms with E-state index in [9.17, 15) is 10.1 Å². The van der Waals surface area contributed by atoms with Crippen LogP contribution in [-0.4, -0.2) is 19.3 Å². The van der Waals surface area contributed by atoms with Crippen LogP contribution in [0, 0.1) is 14.9 Å². The largest absolute Gasteiger partial charge is 0.339 e. The van der Waals surface area contributed by atoms with Crippen LogP contribution in [0.15, 0.2) is 91.3 Å². The summed E-state index contributed by atoms with van der Waals surface area (Å²) >= 11 is 5.39. The summed E-state index contributed by atoms with van der Waals surface area (Å²) in [6.07, 6.45) is 3.46. The van der Waals surface area contributed by atoms with E-state index in [2.05, 4.69) is 34.2 Å². The van der Waals surface area contributed by atoms with Gasteiger partial charge in [0, 0.05) is 24.0 Å². The smallest absolute Gasteiger partial charge is 0.277 e. The molecule has 0 unspecified atom stereocenters. The first-order valence-corrected chi connectivity index (χ1v) is 10.0. The fourth-order valence-corrected chi connectivity index (χ4v) is 3.88. The molecule has 3 aromatic carbocycles. The van der Waals surface area contributed by atoms with Gasteiger partial charge in [0.15, 0.2) is 0 Å². The Morgan fingerprint density at radius 3 is 2.23 bits per heavy atom. The van der Waals surface area contributed by atoms with Gasteiger partial charge in [0.1, 0.15) is 5.65 Å². The fourth-order valence-electron chi connectivity index (χ4n) is 3.68. The average molecular weight is 424 g/mol. The molecule has 0 radical (unpaired) electrons. The first kappa shape index (κ1) is 18.9. The third kappa shape index (κ3) is 3.41. The van der Waals surface area contributed by atoms with E-state index in [1.54, 1.807) is 28.8 Å². The minimum atomic E-state index is -0.389. The Morgan fingerprint density at radius 2 is 1.48 bits per heavy atom. The molecular weight excluding hydrogens is 408 g/mol. The van der Waals surface area contributed by atoms with E-state index >= 15 is 0 Å². The summed E-state index contributed by atoms with van der Waals surface area (Å²) in [6.45, 7) is 0. The SMILES string of the molecule is O=[N+]([O-])c1ccccc1-c1cnc(=S)n2cc(-c3ccc(-c4ccccc4)cc3)[nH]c12. The van der Waals surface area contributed by atoms with E-state index in [1.165, 1.54) is 6.07 Å². The van der Waals surface area contributed by atoms with Gasteiger partial charge in [-0.1, -0.05) is 66.7 Å². The molecule has 5 rings (SSSR count). The van der Waals surface area contributed by atoms with Crippen molar-refractivity contribution in [2.45, 2.75) is 0 Å². The molecule has 0 amide bonds. The van der Waals surface area contributed by atoms with Gasteiger partial charge in [-0.2, -0.15) is 0 Å². The van der Waals surface area contributed by atoms with E-state index in [0.717, 1.165) is 22.4 Å². The summed E-state index contributed by atoms with van der Waals surface area (Å²) < 4.78 is 2.13. The van der Waals surface area contributed by atoms with Gasteiger partial charge in [-0.15, -0.1) is 0 Å². The number of aromatic nitrogens is 3. The molecule has 2 heterocycles. The molecule has 0 aliphatic rings. The normalized spacial score (nSPS) is 11.0. The van der Waals surface area contributed by atoms with Gasteiger partial charge in [-0.25, -0.2) is 4.98 Å². The molecule has 0 saturated carbocycles. The molecule has 1 N–H and O–H groups in total. The summed E-state index contributed by atoms with van der Waals surface area (Å²) in [5.74, 6) is 0. The lowest BCUT2D eigenvalue weighted by Gasteiger charge is -2.05. The highest BCUT2D eigenvalue weighted by atomic mass is 32.1. The van der Waals surface area contributed by atoms with Crippen molar-refractivity contribution in [2.24, 2.45) is 0 Å². The van der Waals surface area contributed by atoms with Crippen LogP contribution in [0.4, 0.5) is 5.69 Å². The molecule has 31 heavy (non-hydrogen) atoms. The highest BCUT2D eigenvalue weighted by Gasteiger charge is 2.18. The van der Waals surface area contributed by atoms with Crippen LogP contribution in [0.1, 0.15) is 0 Å². The number of aromatic amines is 1. The second kappa shape index (κ2) is 7.62. The van der Waals surface area contributed by atoms with E-state index in [4.69, 9.17) is 12.2 Å². The minimum Gasteiger partial charge on any atom is -0.339 e. The third-order valence-electron chi connectivity index (χ3n) is 5.21. The van der Waals surface area contributed by atoms with Crippen molar-refractivity contribution in [3.63, 3.8) is 0 Å². The Labute approximate surface area is 182 Å². The topological polar surface area (TPSA) is 76.2 Å². The van der Waals surface area contributed by atoms with Gasteiger partial charge in [-0.3, -0.25) is 14.5 Å². The number of nitrogens with one attached hydrogen (secondary N) is 1. The molecule has 2 aromatic heterocycles. The molecule has 0 spiro atoms. The predicted octanol–water partition coefficient (Wildman–Crippen LogP) is 6.30. The lowest BCUT2D eigenvalue weighted by Crippen LogP contribution is -1.96. The zero-order valence-electron chi connectivity index (χ0n) is 16.2. The Hall–Kier alpha value is -4.10. The monoisotopic (exact) mass is 424 g/mol. The van der Waals surface area contributed by atoms with Crippen molar-refractivity contribution in [3.05, 3.63) is 106 Å². The van der Waals surface area contributed by atoms with Crippen LogP contribution >= 0.6 is 12.2 Å². The maximum absolute atomic E-state index is 11.5. The van der Waals surface area contributed by atoms with Gasteiger partial charge in [0.05, 0.1) is 16.2 Å². The summed E-state index contributed by atoms with van der Waals surface area (Å²) in [5, 5.41) is 11.5. The molecule has 0 aliphatic heterocycles. The van der Waals surface area contributed by atoms with E-state index in [1.807, 2.05) is 36.5 Å². The highest BCUT2D eigenvalue weighted by Crippen LogP contribution is 2.33. The van der Waals surface area contributed by atoms with Crippen LogP contribution < -0.4 is 0 Å². The standard InChI is InChI=1S/C24H16N4O2S/c29-28(30)22-9-5-4-8-19(22)20-14-25-24(31)27-15-21(26-23(20)27)18-12-10-17(11-13-18)16-6-2-1-3-7-16/h1-15,26H. The predicted molar refractivity (Wildman–Crippen MR) is 123 cm³/mol. The number of hydrogen-bond acceptors (Lipinski definition) is 4. The van der Waals surface area contributed by atoms with Crippen molar-refractivity contribution >= 4 is 23.6 Å². The summed E-state index contributed by atoms with van der Waals surface area (Å²) in [6, 6.07) is 25.0. The number of hydrogen-bond donors (Lipinski definition) is 1. The molecule has 7 heteroatoms. The molecular formula is C24H16N4O2S. The Bertz CT molecular complexity index is 1470. The molecule has 0 fully saturated rings. The third-order valence-corrected chi connectivity index (χ3v) is 5.51. The van der Waals surface area contributed by atoms with Crippen LogP contribution in [0.3, 0.4) is 0 Å². The first-order valence-electron chi connectivity index (χ1n) is 9.62. The Morgan fingerprint density at radius 1 is 0.839 bits per heavy atom. The van der Waals surface area contributed by atoms with Crippen LogP contribution in [0.5, 0.6) is 0 Å². The van der Waals surface area contributed by atoms with Gasteiger partial charge >= 0.3 is 0 Å². The number of benzene rings is 3. The number of nitro benzene ring substituents is 1. The number of imidazole rings is 1. The number of nitro groups is 1. The second-order valence-electron chi connectivity index (χ2n) is 7.06. The van der Waals surface area contributed by atoms with Crippen molar-refractivity contribution in [1.29, 1.82) is 0 Å². The molecule has 0 atom stereocenters. The molecule has 0 aliphatic carbocycles. The Balaban J connectivity index is 1.63. The van der Waals surface area contributed by atoms with Crippen molar-refractivity contribution in [3.8, 4) is 33.5 Å². The van der Waals surface area contributed by atoms with Crippen molar-refractivity contribution in [2.75, 3.05) is 0 Å². The Kier molecular flexibility index (Phi) is 4.65. The maximum atomic E-state index is 11.5. The number of fused-ring (bicyclic) bond motifs is 1. The summed E-state index contributed by atoms with van der Waals surface area (Å²) in [5.41, 5.74) is 5.89. The number of rotatable bonds is 4. The lowest BCUT2D eigenvalue weighted by atomic mass is 10.0. The zero-order valence-corrected chi connectivity index (χ0v) is 17.0. The van der Waals surface area contributed by atoms with Gasteiger partial charge < -0.3 is 4.98 Å². The zero-order chi connectivity index (χ0) is 21.4. The van der Waals surface area contributed by atoms with E-state index in [0.29, 0.717) is 21.5 Å². The van der Waals surface area contributed by atoms with Crippen LogP contribution in [0.25, 0.3) is 39.2 Å². The number of nitrogens with zero attached hydrogens (tertiary/aromatic N) is 3. The molecule has 5 aromatic rings. The molecule has 6 nitrogen and oxygen atoms in total. The minimum absolute atomic E-state index is 0.0201. The van der Waals surface area contributed by atoms with Gasteiger partial charge in [-0.05, 0) is 35.0 Å². The van der Waals surface area contributed by atoms with Crippen LogP contribution in [0.2, 0.25) is 0 Å². The van der Waals surface area contributed by atoms with E-state index < -0.39 is 0 Å². The van der Waals surface area contributed by atoms with Gasteiger partial charge in [0.2, 0.25) is 4.77 Å². The quantitative estimate of drug-likeness (QED) is 0.209. The van der Waals surface area contributed by atoms with Crippen LogP contribution in [-0.2, 0) is 0 Å². The second-order valence-corrected chi connectivity index (χ2v) is 7.42. The summed E-state index contributed by atoms with van der Waals surface area (Å²) in [7, 11) is 0. The summed E-state index contributed by atoms with van der Waals surface area (Å²) in [4.78, 5) is 18.8. The van der Waals surface area contributed by atoms with Crippen molar-refractivity contribution < 1.29 is 4.92 Å². The average Bonchev–Trinajstić information content (AvgIpc) is 3.26. The molecule has 150 valence electrons. The highest BCUT2D eigenvalue weighted by molar-refractivity contribution is 7.71. The number of H-pyrrole nitrogens is 1. The molecule has 0 bridgehead atoms. The van der Waals surface area contributed by atoms with E-state index in [-0.39, 0.29) is 10.6 Å². The van der Waals surface area contributed by atoms with Gasteiger partial charge in [0.25, 0.3) is 5.69 Å². The first-order chi connectivity index (χ1) is 15.1. The lowest BCUT2D eigenvalue weighted by molar-refractivity contribution is -0.384. The maximum Gasteiger partial charge on any atom is 0.277 e. The fraction of sp³-hybridized carbons (Fsp3) is 0. The number of para-hydroxylation sites is 1. The van der Waals surface area contributed by atoms with Crippen molar-refractivity contribution in [1.82, 2.24) is 14.4 Å².